The summed E-state index contributed by atoms with van der Waals surface area (Å²) in [6.45, 7) is 11.5. The molecular formula is C12H28OSi. The minimum absolute atomic E-state index is 0.784. The van der Waals surface area contributed by atoms with E-state index >= 15 is 0 Å². The lowest BCUT2D eigenvalue weighted by atomic mass is 10.3. The maximum absolute atomic E-state index is 5.94. The lowest BCUT2D eigenvalue weighted by molar-refractivity contribution is 0.372. The molecule has 2 heteroatoms. The lowest BCUT2D eigenvalue weighted by Crippen LogP contribution is -2.39. The van der Waals surface area contributed by atoms with Gasteiger partial charge >= 0.3 is 0 Å². The normalized spacial score (nSPS) is 12.9. The van der Waals surface area contributed by atoms with Gasteiger partial charge in [0.25, 0.3) is 0 Å². The quantitative estimate of drug-likeness (QED) is 0.577. The van der Waals surface area contributed by atoms with Crippen molar-refractivity contribution in [3.8, 4) is 0 Å². The molecule has 0 amide bonds. The molecule has 0 radical (unpaired) electrons. The highest BCUT2D eigenvalue weighted by Gasteiger charge is 2.34. The van der Waals surface area contributed by atoms with Crippen molar-refractivity contribution in [2.75, 3.05) is 7.11 Å². The van der Waals surface area contributed by atoms with E-state index in [2.05, 4.69) is 34.6 Å². The summed E-state index contributed by atoms with van der Waals surface area (Å²) < 4.78 is 5.94. The highest BCUT2D eigenvalue weighted by molar-refractivity contribution is 6.73. The van der Waals surface area contributed by atoms with E-state index in [1.165, 1.54) is 24.6 Å². The first-order valence-corrected chi connectivity index (χ1v) is 8.54. The van der Waals surface area contributed by atoms with E-state index < -0.39 is 8.32 Å². The van der Waals surface area contributed by atoms with E-state index in [0.29, 0.717) is 0 Å². The van der Waals surface area contributed by atoms with Crippen molar-refractivity contribution in [1.29, 1.82) is 0 Å². The van der Waals surface area contributed by atoms with Gasteiger partial charge in [0.1, 0.15) is 0 Å². The van der Waals surface area contributed by atoms with E-state index in [1.54, 1.807) is 0 Å². The molecule has 0 saturated heterocycles. The third kappa shape index (κ3) is 5.16. The highest BCUT2D eigenvalue weighted by atomic mass is 28.4. The van der Waals surface area contributed by atoms with Crippen LogP contribution in [-0.4, -0.2) is 15.4 Å². The van der Waals surface area contributed by atoms with E-state index in [0.717, 1.165) is 11.8 Å². The molecule has 0 spiro atoms. The van der Waals surface area contributed by atoms with Crippen molar-refractivity contribution >= 4 is 8.32 Å². The Kier molecular flexibility index (Phi) is 6.71. The summed E-state index contributed by atoms with van der Waals surface area (Å²) >= 11 is 0. The third-order valence-electron chi connectivity index (χ3n) is 2.70. The summed E-state index contributed by atoms with van der Waals surface area (Å²) in [5, 5.41) is 0. The molecule has 0 aromatic heterocycles. The molecule has 0 aliphatic heterocycles. The van der Waals surface area contributed by atoms with Gasteiger partial charge in [0.15, 0.2) is 8.32 Å². The van der Waals surface area contributed by atoms with Crippen LogP contribution in [0.25, 0.3) is 0 Å². The van der Waals surface area contributed by atoms with Crippen LogP contribution in [0.3, 0.4) is 0 Å². The van der Waals surface area contributed by atoms with Gasteiger partial charge in [0, 0.05) is 7.11 Å². The molecular weight excluding hydrogens is 188 g/mol. The first-order chi connectivity index (χ1) is 6.45. The van der Waals surface area contributed by atoms with Gasteiger partial charge in [-0.15, -0.1) is 0 Å². The second-order valence-corrected chi connectivity index (χ2v) is 9.42. The zero-order chi connectivity index (χ0) is 11.2. The molecule has 0 aromatic carbocycles. The van der Waals surface area contributed by atoms with E-state index in [-0.39, 0.29) is 0 Å². The molecule has 1 nitrogen and oxygen atoms in total. The zero-order valence-electron chi connectivity index (χ0n) is 10.9. The minimum Gasteiger partial charge on any atom is -0.420 e. The summed E-state index contributed by atoms with van der Waals surface area (Å²) in [5.74, 6) is 1.57. The fourth-order valence-corrected chi connectivity index (χ4v) is 7.50. The van der Waals surface area contributed by atoms with Crippen LogP contribution in [0.5, 0.6) is 0 Å². The maximum atomic E-state index is 5.94. The lowest BCUT2D eigenvalue weighted by Gasteiger charge is -2.32. The molecule has 0 saturated carbocycles. The van der Waals surface area contributed by atoms with Crippen LogP contribution < -0.4 is 0 Å². The highest BCUT2D eigenvalue weighted by Crippen LogP contribution is 2.30. The van der Waals surface area contributed by atoms with Crippen LogP contribution in [0, 0.1) is 11.8 Å². The van der Waals surface area contributed by atoms with Gasteiger partial charge in [-0.3, -0.25) is 0 Å². The topological polar surface area (TPSA) is 9.23 Å². The average molecular weight is 216 g/mol. The van der Waals surface area contributed by atoms with Crippen LogP contribution in [-0.2, 0) is 4.43 Å². The van der Waals surface area contributed by atoms with Crippen LogP contribution in [0.1, 0.15) is 41.0 Å². The van der Waals surface area contributed by atoms with Gasteiger partial charge in [-0.2, -0.15) is 0 Å². The molecule has 0 bridgehead atoms. The predicted molar refractivity (Wildman–Crippen MR) is 67.2 cm³/mol. The number of rotatable bonds is 7. The Morgan fingerprint density at radius 3 is 1.64 bits per heavy atom. The van der Waals surface area contributed by atoms with Crippen molar-refractivity contribution in [2.45, 2.75) is 59.2 Å². The smallest absolute Gasteiger partial charge is 0.192 e. The SMILES string of the molecule is CCC[Si](CC(C)C)(CC(C)C)OC. The second kappa shape index (κ2) is 6.62. The fourth-order valence-electron chi connectivity index (χ4n) is 2.50. The Bertz CT molecular complexity index is 133. The van der Waals surface area contributed by atoms with E-state index in [9.17, 15) is 0 Å². The van der Waals surface area contributed by atoms with Gasteiger partial charge in [0.05, 0.1) is 0 Å². The molecule has 14 heavy (non-hydrogen) atoms. The van der Waals surface area contributed by atoms with Crippen molar-refractivity contribution in [1.82, 2.24) is 0 Å². The van der Waals surface area contributed by atoms with E-state index in [1.807, 2.05) is 7.11 Å². The van der Waals surface area contributed by atoms with Gasteiger partial charge in [0.2, 0.25) is 0 Å². The zero-order valence-corrected chi connectivity index (χ0v) is 11.9. The van der Waals surface area contributed by atoms with Crippen molar-refractivity contribution < 1.29 is 4.43 Å². The summed E-state index contributed by atoms with van der Waals surface area (Å²) in [7, 11) is 0.542. The summed E-state index contributed by atoms with van der Waals surface area (Å²) in [4.78, 5) is 0. The Balaban J connectivity index is 4.42. The summed E-state index contributed by atoms with van der Waals surface area (Å²) in [5.41, 5.74) is 0. The van der Waals surface area contributed by atoms with Crippen molar-refractivity contribution in [2.24, 2.45) is 11.8 Å². The summed E-state index contributed by atoms with van der Waals surface area (Å²) in [6.07, 6.45) is 1.28. The predicted octanol–water partition coefficient (Wildman–Crippen LogP) is 4.30. The molecule has 0 atom stereocenters. The molecule has 0 rings (SSSR count). The minimum atomic E-state index is -1.40. The average Bonchev–Trinajstić information content (AvgIpc) is 2.02. The third-order valence-corrected chi connectivity index (χ3v) is 8.10. The number of hydrogen-bond donors (Lipinski definition) is 0. The summed E-state index contributed by atoms with van der Waals surface area (Å²) in [6, 6.07) is 3.99. The standard InChI is InChI=1S/C12H28OSi/c1-7-8-14(13-6,9-11(2)3)10-12(4)5/h11-12H,7-10H2,1-6H3. The van der Waals surface area contributed by atoms with Gasteiger partial charge in [-0.1, -0.05) is 41.0 Å². The Morgan fingerprint density at radius 1 is 1.00 bits per heavy atom. The van der Waals surface area contributed by atoms with Crippen molar-refractivity contribution in [3.05, 3.63) is 0 Å². The number of hydrogen-bond acceptors (Lipinski definition) is 1. The van der Waals surface area contributed by atoms with Crippen LogP contribution in [0.4, 0.5) is 0 Å². The molecule has 0 aliphatic rings. The van der Waals surface area contributed by atoms with Crippen LogP contribution >= 0.6 is 0 Å². The molecule has 86 valence electrons. The largest absolute Gasteiger partial charge is 0.420 e. The Labute approximate surface area is 91.4 Å². The Hall–Kier alpha value is 0.177. The first-order valence-electron chi connectivity index (χ1n) is 6.01. The second-order valence-electron chi connectivity index (χ2n) is 5.33. The Morgan fingerprint density at radius 2 is 1.43 bits per heavy atom. The van der Waals surface area contributed by atoms with Gasteiger partial charge in [-0.05, 0) is 30.0 Å². The fraction of sp³-hybridized carbons (Fsp3) is 1.00. The molecule has 0 unspecified atom stereocenters. The molecule has 0 aromatic rings. The van der Waals surface area contributed by atoms with Gasteiger partial charge in [-0.25, -0.2) is 0 Å². The maximum Gasteiger partial charge on any atom is 0.192 e. The van der Waals surface area contributed by atoms with E-state index in [4.69, 9.17) is 4.43 Å². The molecule has 0 N–H and O–H groups in total. The van der Waals surface area contributed by atoms with Crippen LogP contribution in [0.2, 0.25) is 18.1 Å². The van der Waals surface area contributed by atoms with Crippen molar-refractivity contribution in [3.63, 3.8) is 0 Å². The molecule has 0 aliphatic carbocycles. The molecule has 0 heterocycles. The monoisotopic (exact) mass is 216 g/mol. The van der Waals surface area contributed by atoms with Crippen LogP contribution in [0.15, 0.2) is 0 Å². The first kappa shape index (κ1) is 14.2. The molecule has 0 fully saturated rings. The van der Waals surface area contributed by atoms with Gasteiger partial charge < -0.3 is 4.43 Å².